The summed E-state index contributed by atoms with van der Waals surface area (Å²) in [6.07, 6.45) is 0. The van der Waals surface area contributed by atoms with Gasteiger partial charge in [0.05, 0.1) is 16.6 Å². The molecule has 0 bridgehead atoms. The fourth-order valence-electron chi connectivity index (χ4n) is 3.34. The Morgan fingerprint density at radius 2 is 1.90 bits per heavy atom. The molecule has 0 saturated carbocycles. The summed E-state index contributed by atoms with van der Waals surface area (Å²) in [4.78, 5) is 28.5. The molecule has 0 spiro atoms. The van der Waals surface area contributed by atoms with Gasteiger partial charge < -0.3 is 15.0 Å². The van der Waals surface area contributed by atoms with Crippen molar-refractivity contribution in [3.8, 4) is 11.5 Å². The van der Waals surface area contributed by atoms with Crippen molar-refractivity contribution in [1.82, 2.24) is 9.55 Å². The highest BCUT2D eigenvalue weighted by molar-refractivity contribution is 7.71. The number of carbonyl (C=O) groups excluding carboxylic acids is 1. The van der Waals surface area contributed by atoms with Crippen LogP contribution in [0.15, 0.2) is 71.5 Å². The van der Waals surface area contributed by atoms with Crippen LogP contribution < -0.4 is 15.6 Å². The van der Waals surface area contributed by atoms with Crippen molar-refractivity contribution in [2.45, 2.75) is 20.4 Å². The van der Waals surface area contributed by atoms with Crippen LogP contribution >= 0.6 is 12.2 Å². The fourth-order valence-corrected chi connectivity index (χ4v) is 3.66. The zero-order valence-electron chi connectivity index (χ0n) is 17.1. The summed E-state index contributed by atoms with van der Waals surface area (Å²) in [6, 6.07) is 19.8. The molecule has 0 radical (unpaired) electrons. The third kappa shape index (κ3) is 4.27. The highest BCUT2D eigenvalue weighted by Crippen LogP contribution is 2.30. The van der Waals surface area contributed by atoms with E-state index < -0.39 is 0 Å². The molecule has 1 heterocycles. The number of para-hydroxylation sites is 2. The van der Waals surface area contributed by atoms with Gasteiger partial charge in [0.2, 0.25) is 0 Å². The van der Waals surface area contributed by atoms with Crippen molar-refractivity contribution < 1.29 is 9.53 Å². The van der Waals surface area contributed by atoms with E-state index in [0.717, 1.165) is 5.56 Å². The second-order valence-electron chi connectivity index (χ2n) is 7.11. The van der Waals surface area contributed by atoms with E-state index >= 15 is 0 Å². The molecule has 1 aromatic heterocycles. The molecule has 7 heteroatoms. The topological polar surface area (TPSA) is 76.1 Å². The summed E-state index contributed by atoms with van der Waals surface area (Å²) < 4.78 is 7.79. The van der Waals surface area contributed by atoms with Gasteiger partial charge in [0, 0.05) is 12.1 Å². The molecule has 2 N–H and O–H groups in total. The number of amides is 1. The van der Waals surface area contributed by atoms with Crippen LogP contribution in [0.3, 0.4) is 0 Å². The molecule has 156 valence electrons. The summed E-state index contributed by atoms with van der Waals surface area (Å²) in [7, 11) is 0. The van der Waals surface area contributed by atoms with Crippen LogP contribution in [0.1, 0.15) is 22.8 Å². The van der Waals surface area contributed by atoms with Gasteiger partial charge in [-0.3, -0.25) is 14.2 Å². The first kappa shape index (κ1) is 20.6. The molecule has 0 aliphatic carbocycles. The summed E-state index contributed by atoms with van der Waals surface area (Å²) in [5.41, 5.74) is 2.37. The van der Waals surface area contributed by atoms with Gasteiger partial charge in [-0.05, 0) is 74.1 Å². The number of fused-ring (bicyclic) bond motifs is 1. The van der Waals surface area contributed by atoms with Crippen LogP contribution in [0.4, 0.5) is 5.69 Å². The minimum atomic E-state index is -0.318. The smallest absolute Gasteiger partial charge is 0.262 e. The van der Waals surface area contributed by atoms with E-state index in [-0.39, 0.29) is 11.5 Å². The van der Waals surface area contributed by atoms with Crippen LogP contribution in [0.25, 0.3) is 10.9 Å². The predicted molar refractivity (Wildman–Crippen MR) is 125 cm³/mol. The van der Waals surface area contributed by atoms with Gasteiger partial charge in [-0.2, -0.15) is 0 Å². The number of hydrogen-bond donors (Lipinski definition) is 2. The van der Waals surface area contributed by atoms with Gasteiger partial charge in [-0.1, -0.05) is 24.3 Å². The molecule has 31 heavy (non-hydrogen) atoms. The molecule has 6 nitrogen and oxygen atoms in total. The third-order valence-corrected chi connectivity index (χ3v) is 5.24. The number of aromatic nitrogens is 2. The van der Waals surface area contributed by atoms with Gasteiger partial charge in [-0.15, -0.1) is 0 Å². The summed E-state index contributed by atoms with van der Waals surface area (Å²) in [6.45, 7) is 4.32. The van der Waals surface area contributed by atoms with Crippen LogP contribution in [0.5, 0.6) is 11.5 Å². The number of nitrogens with zero attached hydrogens (tertiary/aromatic N) is 1. The Labute approximate surface area is 184 Å². The zero-order valence-corrected chi connectivity index (χ0v) is 18.0. The first-order chi connectivity index (χ1) is 15.0. The molecule has 1 amide bonds. The molecule has 0 saturated heterocycles. The van der Waals surface area contributed by atoms with Crippen molar-refractivity contribution in [1.29, 1.82) is 0 Å². The number of aryl methyl sites for hydroxylation is 1. The third-order valence-electron chi connectivity index (χ3n) is 4.91. The maximum absolute atomic E-state index is 12.9. The Bertz CT molecular complexity index is 1410. The number of nitrogens with one attached hydrogen (secondary N) is 2. The maximum atomic E-state index is 12.9. The Morgan fingerprint density at radius 1 is 1.10 bits per heavy atom. The average molecular weight is 432 g/mol. The number of ether oxygens (including phenoxy) is 1. The lowest BCUT2D eigenvalue weighted by atomic mass is 10.1. The largest absolute Gasteiger partial charge is 0.455 e. The Hall–Kier alpha value is -3.71. The monoisotopic (exact) mass is 431 g/mol. The molecule has 4 aromatic rings. The van der Waals surface area contributed by atoms with Gasteiger partial charge in [0.15, 0.2) is 10.5 Å². The number of hydrogen-bond acceptors (Lipinski definition) is 4. The SMILES string of the molecule is CCn1c(=S)[nH]c2cc(C(=O)Nc3ccccc3Oc3cccc(C)c3)ccc2c1=O. The summed E-state index contributed by atoms with van der Waals surface area (Å²) in [5.74, 6) is 0.904. The van der Waals surface area contributed by atoms with E-state index in [1.165, 1.54) is 4.57 Å². The van der Waals surface area contributed by atoms with Crippen LogP contribution in [0, 0.1) is 11.7 Å². The predicted octanol–water partition coefficient (Wildman–Crippen LogP) is 5.43. The van der Waals surface area contributed by atoms with E-state index in [2.05, 4.69) is 10.3 Å². The normalized spacial score (nSPS) is 10.8. The molecule has 3 aromatic carbocycles. The van der Waals surface area contributed by atoms with E-state index in [1.54, 1.807) is 30.3 Å². The molecule has 0 aliphatic rings. The van der Waals surface area contributed by atoms with E-state index in [9.17, 15) is 9.59 Å². The summed E-state index contributed by atoms with van der Waals surface area (Å²) in [5, 5.41) is 3.37. The second kappa shape index (κ2) is 8.57. The van der Waals surface area contributed by atoms with Crippen LogP contribution in [0.2, 0.25) is 0 Å². The number of H-pyrrole nitrogens is 1. The molecule has 4 rings (SSSR count). The van der Waals surface area contributed by atoms with Crippen molar-refractivity contribution in [2.75, 3.05) is 5.32 Å². The van der Waals surface area contributed by atoms with Crippen molar-refractivity contribution in [3.63, 3.8) is 0 Å². The lowest BCUT2D eigenvalue weighted by Crippen LogP contribution is -2.21. The molecular formula is C24H21N3O3S. The van der Waals surface area contributed by atoms with Crippen molar-refractivity contribution in [3.05, 3.63) is 93.0 Å². The minimum absolute atomic E-state index is 0.176. The number of anilines is 1. The molecule has 0 fully saturated rings. The lowest BCUT2D eigenvalue weighted by Gasteiger charge is -2.13. The van der Waals surface area contributed by atoms with Crippen LogP contribution in [-0.4, -0.2) is 15.5 Å². The Kier molecular flexibility index (Phi) is 5.68. The highest BCUT2D eigenvalue weighted by atomic mass is 32.1. The Balaban J connectivity index is 1.64. The van der Waals surface area contributed by atoms with Gasteiger partial charge in [-0.25, -0.2) is 0 Å². The Morgan fingerprint density at radius 3 is 2.68 bits per heavy atom. The second-order valence-corrected chi connectivity index (χ2v) is 7.50. The van der Waals surface area contributed by atoms with Crippen molar-refractivity contribution in [2.24, 2.45) is 0 Å². The lowest BCUT2D eigenvalue weighted by molar-refractivity contribution is 0.102. The maximum Gasteiger partial charge on any atom is 0.262 e. The minimum Gasteiger partial charge on any atom is -0.455 e. The molecular weight excluding hydrogens is 410 g/mol. The first-order valence-electron chi connectivity index (χ1n) is 9.88. The average Bonchev–Trinajstić information content (AvgIpc) is 2.75. The number of aromatic amines is 1. The standard InChI is InChI=1S/C24H21N3O3S/c1-3-27-23(29)18-12-11-16(14-20(18)26-24(27)31)22(28)25-19-9-4-5-10-21(19)30-17-8-6-7-15(2)13-17/h4-14H,3H2,1-2H3,(H,25,28)(H,26,31). The molecule has 0 atom stereocenters. The highest BCUT2D eigenvalue weighted by Gasteiger charge is 2.13. The first-order valence-corrected chi connectivity index (χ1v) is 10.3. The zero-order chi connectivity index (χ0) is 22.0. The van der Waals surface area contributed by atoms with Crippen LogP contribution in [-0.2, 0) is 6.54 Å². The van der Waals surface area contributed by atoms with E-state index in [1.807, 2.05) is 50.2 Å². The number of benzene rings is 3. The quantitative estimate of drug-likeness (QED) is 0.413. The molecule has 0 aliphatic heterocycles. The number of carbonyl (C=O) groups is 1. The van der Waals surface area contributed by atoms with Gasteiger partial charge >= 0.3 is 0 Å². The van der Waals surface area contributed by atoms with E-state index in [4.69, 9.17) is 17.0 Å². The van der Waals surface area contributed by atoms with Gasteiger partial charge in [0.1, 0.15) is 5.75 Å². The summed E-state index contributed by atoms with van der Waals surface area (Å²) >= 11 is 5.26. The number of rotatable bonds is 5. The fraction of sp³-hybridized carbons (Fsp3) is 0.125. The van der Waals surface area contributed by atoms with E-state index in [0.29, 0.717) is 45.0 Å². The van der Waals surface area contributed by atoms with Crippen molar-refractivity contribution >= 4 is 34.7 Å². The van der Waals surface area contributed by atoms with Gasteiger partial charge in [0.25, 0.3) is 11.5 Å². The molecule has 0 unspecified atom stereocenters.